The number of carbonyl (C=O) groups excluding carboxylic acids is 1. The molecule has 2 aromatic rings. The fraction of sp³-hybridized carbons (Fsp3) is 0.316. The first-order valence-corrected chi connectivity index (χ1v) is 7.80. The van der Waals surface area contributed by atoms with Gasteiger partial charge in [0.25, 0.3) is 0 Å². The molecule has 3 atom stereocenters. The van der Waals surface area contributed by atoms with E-state index in [2.05, 4.69) is 24.4 Å². The quantitative estimate of drug-likeness (QED) is 0.883. The lowest BCUT2D eigenvalue weighted by Crippen LogP contribution is -2.33. The van der Waals surface area contributed by atoms with Crippen molar-refractivity contribution in [1.82, 2.24) is 5.32 Å². The molecule has 3 rings (SSSR count). The van der Waals surface area contributed by atoms with Crippen LogP contribution in [0.3, 0.4) is 0 Å². The molecule has 0 aliphatic heterocycles. The average Bonchev–Trinajstić information content (AvgIpc) is 3.34. The molecule has 1 aliphatic rings. The summed E-state index contributed by atoms with van der Waals surface area (Å²) < 4.78 is 0. The summed E-state index contributed by atoms with van der Waals surface area (Å²) in [5.74, 6) is 0.595. The number of aryl methyl sites for hydroxylation is 1. The van der Waals surface area contributed by atoms with Gasteiger partial charge in [0.2, 0.25) is 5.91 Å². The van der Waals surface area contributed by atoms with Gasteiger partial charge in [-0.05, 0) is 36.0 Å². The lowest BCUT2D eigenvalue weighted by atomic mass is 10.0. The Hall–Kier alpha value is -1.84. The first-order valence-electron chi connectivity index (χ1n) is 7.80. The third kappa shape index (κ3) is 4.12. The normalized spacial score (nSPS) is 20.3. The van der Waals surface area contributed by atoms with E-state index in [1.807, 2.05) is 42.5 Å². The monoisotopic (exact) mass is 330 g/mol. The van der Waals surface area contributed by atoms with Crippen LogP contribution >= 0.6 is 12.4 Å². The number of hydrogen-bond donors (Lipinski definition) is 2. The molecule has 1 aliphatic carbocycles. The Kier molecular flexibility index (Phi) is 5.80. The van der Waals surface area contributed by atoms with Crippen LogP contribution in [0.4, 0.5) is 0 Å². The number of rotatable bonds is 5. The molecular weight excluding hydrogens is 308 g/mol. The number of nitrogens with one attached hydrogen (secondary N) is 1. The van der Waals surface area contributed by atoms with Gasteiger partial charge in [-0.1, -0.05) is 54.6 Å². The summed E-state index contributed by atoms with van der Waals surface area (Å²) in [5, 5.41) is 3.00. The second-order valence-corrected chi connectivity index (χ2v) is 6.07. The molecule has 0 saturated heterocycles. The van der Waals surface area contributed by atoms with Gasteiger partial charge in [0.15, 0.2) is 0 Å². The molecule has 2 aromatic carbocycles. The summed E-state index contributed by atoms with van der Waals surface area (Å²) in [6, 6.07) is 18.0. The van der Waals surface area contributed by atoms with Gasteiger partial charge in [0.05, 0.1) is 0 Å². The maximum atomic E-state index is 12.3. The highest BCUT2D eigenvalue weighted by molar-refractivity contribution is 5.85. The van der Waals surface area contributed by atoms with Crippen molar-refractivity contribution in [3.05, 3.63) is 71.3 Å². The maximum absolute atomic E-state index is 12.3. The van der Waals surface area contributed by atoms with E-state index in [1.54, 1.807) is 0 Å². The van der Waals surface area contributed by atoms with Crippen LogP contribution in [0, 0.1) is 12.8 Å². The van der Waals surface area contributed by atoms with Gasteiger partial charge in [-0.3, -0.25) is 4.79 Å². The standard InChI is InChI=1S/C19H22N2O.ClH/c1-13-7-5-6-10-15(13)16-11-17(16)19(22)21-12-18(20)14-8-3-2-4-9-14;/h2-10,16-18H,11-12,20H2,1H3,(H,21,22);1H. The van der Waals surface area contributed by atoms with E-state index in [-0.39, 0.29) is 30.3 Å². The van der Waals surface area contributed by atoms with E-state index < -0.39 is 0 Å². The molecule has 1 amide bonds. The van der Waals surface area contributed by atoms with Crippen LogP contribution in [0.25, 0.3) is 0 Å². The van der Waals surface area contributed by atoms with Gasteiger partial charge >= 0.3 is 0 Å². The molecule has 0 spiro atoms. The topological polar surface area (TPSA) is 55.1 Å². The van der Waals surface area contributed by atoms with E-state index in [9.17, 15) is 4.79 Å². The fourth-order valence-corrected chi connectivity index (χ4v) is 2.99. The number of amides is 1. The molecule has 3 N–H and O–H groups in total. The zero-order valence-electron chi connectivity index (χ0n) is 13.2. The Morgan fingerprint density at radius 3 is 2.52 bits per heavy atom. The summed E-state index contributed by atoms with van der Waals surface area (Å²) in [6.07, 6.45) is 0.942. The highest BCUT2D eigenvalue weighted by Gasteiger charge is 2.44. The first kappa shape index (κ1) is 17.5. The summed E-state index contributed by atoms with van der Waals surface area (Å²) in [6.45, 7) is 2.59. The summed E-state index contributed by atoms with van der Waals surface area (Å²) >= 11 is 0. The Balaban J connectivity index is 0.00000192. The SMILES string of the molecule is Cc1ccccc1C1CC1C(=O)NCC(N)c1ccccc1.Cl. The minimum absolute atomic E-state index is 0. The van der Waals surface area contributed by atoms with Gasteiger partial charge in [-0.2, -0.15) is 0 Å². The lowest BCUT2D eigenvalue weighted by Gasteiger charge is -2.13. The van der Waals surface area contributed by atoms with Gasteiger partial charge < -0.3 is 11.1 Å². The second-order valence-electron chi connectivity index (χ2n) is 6.07. The molecule has 0 heterocycles. The van der Waals surface area contributed by atoms with Gasteiger partial charge in [-0.25, -0.2) is 0 Å². The van der Waals surface area contributed by atoms with Crippen LogP contribution in [-0.2, 0) is 4.79 Å². The number of halogens is 1. The van der Waals surface area contributed by atoms with Crippen LogP contribution < -0.4 is 11.1 Å². The number of nitrogens with two attached hydrogens (primary N) is 1. The number of benzene rings is 2. The molecule has 122 valence electrons. The van der Waals surface area contributed by atoms with Crippen molar-refractivity contribution in [1.29, 1.82) is 0 Å². The minimum atomic E-state index is -0.152. The van der Waals surface area contributed by atoms with Gasteiger partial charge in [0, 0.05) is 18.5 Å². The average molecular weight is 331 g/mol. The van der Waals surface area contributed by atoms with Crippen LogP contribution in [0.1, 0.15) is 35.1 Å². The molecule has 1 saturated carbocycles. The third-order valence-corrected chi connectivity index (χ3v) is 4.44. The molecule has 23 heavy (non-hydrogen) atoms. The van der Waals surface area contributed by atoms with Gasteiger partial charge in [-0.15, -0.1) is 12.4 Å². The third-order valence-electron chi connectivity index (χ3n) is 4.44. The van der Waals surface area contributed by atoms with Crippen LogP contribution in [0.15, 0.2) is 54.6 Å². The Morgan fingerprint density at radius 1 is 1.17 bits per heavy atom. The Labute approximate surface area is 143 Å². The number of carbonyl (C=O) groups is 1. The van der Waals surface area contributed by atoms with Crippen molar-refractivity contribution in [2.75, 3.05) is 6.54 Å². The molecule has 0 radical (unpaired) electrons. The van der Waals surface area contributed by atoms with E-state index in [0.717, 1.165) is 12.0 Å². The van der Waals surface area contributed by atoms with E-state index in [1.165, 1.54) is 11.1 Å². The molecular formula is C19H23ClN2O. The minimum Gasteiger partial charge on any atom is -0.354 e. The zero-order valence-corrected chi connectivity index (χ0v) is 14.1. The lowest BCUT2D eigenvalue weighted by molar-refractivity contribution is -0.122. The summed E-state index contributed by atoms with van der Waals surface area (Å²) in [4.78, 5) is 12.3. The van der Waals surface area contributed by atoms with Crippen molar-refractivity contribution < 1.29 is 4.79 Å². The maximum Gasteiger partial charge on any atom is 0.223 e. The largest absolute Gasteiger partial charge is 0.354 e. The first-order chi connectivity index (χ1) is 10.7. The molecule has 3 nitrogen and oxygen atoms in total. The Morgan fingerprint density at radius 2 is 1.83 bits per heavy atom. The van der Waals surface area contributed by atoms with E-state index in [0.29, 0.717) is 12.5 Å². The predicted octanol–water partition coefficient (Wildman–Crippen LogP) is 3.34. The van der Waals surface area contributed by atoms with Crippen molar-refractivity contribution in [2.45, 2.75) is 25.3 Å². The molecule has 1 fully saturated rings. The second kappa shape index (κ2) is 7.62. The van der Waals surface area contributed by atoms with Crippen LogP contribution in [-0.4, -0.2) is 12.5 Å². The fourth-order valence-electron chi connectivity index (χ4n) is 2.99. The smallest absolute Gasteiger partial charge is 0.223 e. The Bertz CT molecular complexity index is 659. The van der Waals surface area contributed by atoms with E-state index in [4.69, 9.17) is 5.73 Å². The van der Waals surface area contributed by atoms with Crippen LogP contribution in [0.2, 0.25) is 0 Å². The highest BCUT2D eigenvalue weighted by atomic mass is 35.5. The van der Waals surface area contributed by atoms with E-state index >= 15 is 0 Å². The molecule has 4 heteroatoms. The van der Waals surface area contributed by atoms with Gasteiger partial charge in [0.1, 0.15) is 0 Å². The molecule has 3 unspecified atom stereocenters. The van der Waals surface area contributed by atoms with Crippen molar-refractivity contribution in [3.8, 4) is 0 Å². The molecule has 0 aromatic heterocycles. The molecule has 0 bridgehead atoms. The van der Waals surface area contributed by atoms with Crippen molar-refractivity contribution >= 4 is 18.3 Å². The summed E-state index contributed by atoms with van der Waals surface area (Å²) in [5.41, 5.74) is 9.74. The highest BCUT2D eigenvalue weighted by Crippen LogP contribution is 2.48. The predicted molar refractivity (Wildman–Crippen MR) is 95.7 cm³/mol. The van der Waals surface area contributed by atoms with Crippen LogP contribution in [0.5, 0.6) is 0 Å². The number of hydrogen-bond acceptors (Lipinski definition) is 2. The van der Waals surface area contributed by atoms with Crippen molar-refractivity contribution in [3.63, 3.8) is 0 Å². The summed E-state index contributed by atoms with van der Waals surface area (Å²) in [7, 11) is 0. The zero-order chi connectivity index (χ0) is 15.5. The van der Waals surface area contributed by atoms with Crippen molar-refractivity contribution in [2.24, 2.45) is 11.7 Å².